The van der Waals surface area contributed by atoms with E-state index >= 15 is 0 Å². The van der Waals surface area contributed by atoms with E-state index in [4.69, 9.17) is 0 Å². The largest absolute Gasteiger partial charge is 0.339 e. The van der Waals surface area contributed by atoms with Crippen LogP contribution in [0.3, 0.4) is 0 Å². The first kappa shape index (κ1) is 25.5. The van der Waals surface area contributed by atoms with Crippen molar-refractivity contribution in [3.05, 3.63) is 95.6 Å². The number of carbonyl (C=O) groups excluding carboxylic acids is 3. The van der Waals surface area contributed by atoms with E-state index in [0.717, 1.165) is 23.4 Å². The van der Waals surface area contributed by atoms with Gasteiger partial charge in [0.2, 0.25) is 5.91 Å². The Balaban J connectivity index is 1.32. The molecule has 0 unspecified atom stereocenters. The molecular weight excluding hydrogens is 476 g/mol. The van der Waals surface area contributed by atoms with Gasteiger partial charge in [0.15, 0.2) is 0 Å². The van der Waals surface area contributed by atoms with Crippen LogP contribution in [0.15, 0.2) is 78.9 Å². The van der Waals surface area contributed by atoms with E-state index in [0.29, 0.717) is 38.2 Å². The first-order chi connectivity index (χ1) is 18.4. The number of rotatable bonds is 6. The summed E-state index contributed by atoms with van der Waals surface area (Å²) >= 11 is 0. The number of carbonyl (C=O) groups is 3. The minimum Gasteiger partial charge on any atom is -0.339 e. The van der Waals surface area contributed by atoms with Crippen molar-refractivity contribution in [3.8, 4) is 0 Å². The second-order valence-corrected chi connectivity index (χ2v) is 10.2. The number of para-hydroxylation sites is 1. The third kappa shape index (κ3) is 5.01. The van der Waals surface area contributed by atoms with Crippen LogP contribution in [0.5, 0.6) is 0 Å². The van der Waals surface area contributed by atoms with Crippen LogP contribution in [0, 0.1) is 6.92 Å². The molecule has 7 nitrogen and oxygen atoms in total. The summed E-state index contributed by atoms with van der Waals surface area (Å²) in [7, 11) is 0. The van der Waals surface area contributed by atoms with Crippen LogP contribution in [0.2, 0.25) is 0 Å². The van der Waals surface area contributed by atoms with Crippen LogP contribution in [-0.2, 0) is 16.0 Å². The first-order valence-electron chi connectivity index (χ1n) is 13.3. The molecule has 1 spiro atoms. The quantitative estimate of drug-likeness (QED) is 0.531. The standard InChI is InChI=1S/C31H34N4O3/c1-3-24-11-15-26(16-12-24)32-28(36)21-34-22-35(27-7-5-4-6-8-27)31(30(34)38)17-19-33(20-18-31)29(37)25-13-9-23(2)10-14-25/h4-16H,3,17-22H2,1-2H3,(H,32,36). The van der Waals surface area contributed by atoms with Crippen molar-refractivity contribution in [2.45, 2.75) is 38.6 Å². The Hall–Kier alpha value is -4.13. The van der Waals surface area contributed by atoms with E-state index < -0.39 is 5.54 Å². The smallest absolute Gasteiger partial charge is 0.253 e. The molecular formula is C31H34N4O3. The van der Waals surface area contributed by atoms with Crippen molar-refractivity contribution < 1.29 is 14.4 Å². The van der Waals surface area contributed by atoms with Gasteiger partial charge in [0.1, 0.15) is 12.1 Å². The molecule has 2 aliphatic heterocycles. The van der Waals surface area contributed by atoms with E-state index in [1.165, 1.54) is 5.56 Å². The highest BCUT2D eigenvalue weighted by atomic mass is 16.2. The molecule has 0 bridgehead atoms. The number of likely N-dealkylation sites (tertiary alicyclic amines) is 1. The normalized spacial score (nSPS) is 16.7. The van der Waals surface area contributed by atoms with Gasteiger partial charge in [0.05, 0.1) is 6.67 Å². The fraction of sp³-hybridized carbons (Fsp3) is 0.323. The van der Waals surface area contributed by atoms with E-state index in [1.807, 2.05) is 90.7 Å². The molecule has 3 amide bonds. The Morgan fingerprint density at radius 3 is 2.18 bits per heavy atom. The van der Waals surface area contributed by atoms with E-state index in [9.17, 15) is 14.4 Å². The van der Waals surface area contributed by atoms with Crippen molar-refractivity contribution in [1.82, 2.24) is 9.80 Å². The summed E-state index contributed by atoms with van der Waals surface area (Å²) in [6, 6.07) is 25.2. The third-order valence-electron chi connectivity index (χ3n) is 7.74. The maximum Gasteiger partial charge on any atom is 0.253 e. The summed E-state index contributed by atoms with van der Waals surface area (Å²) in [4.78, 5) is 45.6. The van der Waals surface area contributed by atoms with Gasteiger partial charge in [-0.3, -0.25) is 14.4 Å². The zero-order valence-electron chi connectivity index (χ0n) is 22.0. The summed E-state index contributed by atoms with van der Waals surface area (Å²) in [5.74, 6) is -0.290. The van der Waals surface area contributed by atoms with E-state index in [1.54, 1.807) is 4.90 Å². The van der Waals surface area contributed by atoms with Gasteiger partial charge in [0, 0.05) is 30.0 Å². The number of anilines is 2. The lowest BCUT2D eigenvalue weighted by atomic mass is 9.85. The molecule has 0 atom stereocenters. The Bertz CT molecular complexity index is 1300. The predicted molar refractivity (Wildman–Crippen MR) is 149 cm³/mol. The Kier molecular flexibility index (Phi) is 7.18. The van der Waals surface area contributed by atoms with Gasteiger partial charge in [-0.15, -0.1) is 0 Å². The summed E-state index contributed by atoms with van der Waals surface area (Å²) < 4.78 is 0. The fourth-order valence-electron chi connectivity index (χ4n) is 5.48. The molecule has 3 aromatic rings. The summed E-state index contributed by atoms with van der Waals surface area (Å²) in [6.07, 6.45) is 1.95. The maximum atomic E-state index is 13.9. The minimum atomic E-state index is -0.783. The Morgan fingerprint density at radius 1 is 0.895 bits per heavy atom. The zero-order chi connectivity index (χ0) is 26.7. The second kappa shape index (κ2) is 10.7. The lowest BCUT2D eigenvalue weighted by Gasteiger charge is -2.43. The number of hydrogen-bond acceptors (Lipinski definition) is 4. The number of piperidine rings is 1. The molecule has 0 radical (unpaired) electrons. The highest BCUT2D eigenvalue weighted by molar-refractivity contribution is 6.00. The highest BCUT2D eigenvalue weighted by Crippen LogP contribution is 2.39. The van der Waals surface area contributed by atoms with Crippen molar-refractivity contribution in [3.63, 3.8) is 0 Å². The van der Waals surface area contributed by atoms with Crippen LogP contribution in [-0.4, -0.2) is 59.4 Å². The molecule has 196 valence electrons. The molecule has 5 rings (SSSR count). The summed E-state index contributed by atoms with van der Waals surface area (Å²) in [6.45, 7) is 5.35. The van der Waals surface area contributed by atoms with Crippen molar-refractivity contribution in [2.24, 2.45) is 0 Å². The van der Waals surface area contributed by atoms with Crippen LogP contribution in [0.4, 0.5) is 11.4 Å². The molecule has 3 aromatic carbocycles. The monoisotopic (exact) mass is 510 g/mol. The van der Waals surface area contributed by atoms with Crippen molar-refractivity contribution in [1.29, 1.82) is 0 Å². The zero-order valence-corrected chi connectivity index (χ0v) is 22.0. The van der Waals surface area contributed by atoms with Gasteiger partial charge in [-0.1, -0.05) is 55.0 Å². The van der Waals surface area contributed by atoms with Gasteiger partial charge < -0.3 is 20.0 Å². The van der Waals surface area contributed by atoms with Crippen molar-refractivity contribution in [2.75, 3.05) is 36.5 Å². The number of hydrogen-bond donors (Lipinski definition) is 1. The first-order valence-corrected chi connectivity index (χ1v) is 13.3. The number of amides is 3. The molecule has 1 N–H and O–H groups in total. The predicted octanol–water partition coefficient (Wildman–Crippen LogP) is 4.48. The molecule has 0 aromatic heterocycles. The summed E-state index contributed by atoms with van der Waals surface area (Å²) in [5.41, 5.74) is 3.85. The SMILES string of the molecule is CCc1ccc(NC(=O)CN2CN(c3ccccc3)C3(CCN(C(=O)c4ccc(C)cc4)CC3)C2=O)cc1. The minimum absolute atomic E-state index is 0.0121. The fourth-order valence-corrected chi connectivity index (χ4v) is 5.48. The molecule has 2 saturated heterocycles. The van der Waals surface area contributed by atoms with Gasteiger partial charge in [-0.05, 0) is 68.1 Å². The maximum absolute atomic E-state index is 13.9. The van der Waals surface area contributed by atoms with Gasteiger partial charge in [0.25, 0.3) is 11.8 Å². The molecule has 2 heterocycles. The van der Waals surface area contributed by atoms with Crippen LogP contribution >= 0.6 is 0 Å². The Morgan fingerprint density at radius 2 is 1.55 bits per heavy atom. The van der Waals surface area contributed by atoms with E-state index in [-0.39, 0.29) is 24.3 Å². The molecule has 2 fully saturated rings. The number of aryl methyl sites for hydroxylation is 2. The lowest BCUT2D eigenvalue weighted by molar-refractivity contribution is -0.136. The number of nitrogens with zero attached hydrogens (tertiary/aromatic N) is 3. The van der Waals surface area contributed by atoms with Crippen LogP contribution in [0.25, 0.3) is 0 Å². The molecule has 0 aliphatic carbocycles. The summed E-state index contributed by atoms with van der Waals surface area (Å²) in [5, 5.41) is 2.93. The molecule has 7 heteroatoms. The third-order valence-corrected chi connectivity index (χ3v) is 7.74. The average molecular weight is 511 g/mol. The molecule has 2 aliphatic rings. The Labute approximate surface area is 224 Å². The topological polar surface area (TPSA) is 73.0 Å². The van der Waals surface area contributed by atoms with Gasteiger partial charge >= 0.3 is 0 Å². The highest BCUT2D eigenvalue weighted by Gasteiger charge is 2.54. The van der Waals surface area contributed by atoms with Crippen LogP contribution < -0.4 is 10.2 Å². The van der Waals surface area contributed by atoms with Gasteiger partial charge in [-0.25, -0.2) is 0 Å². The molecule has 38 heavy (non-hydrogen) atoms. The number of benzene rings is 3. The average Bonchev–Trinajstić information content (AvgIpc) is 3.20. The van der Waals surface area contributed by atoms with Crippen LogP contribution in [0.1, 0.15) is 41.3 Å². The van der Waals surface area contributed by atoms with Gasteiger partial charge in [-0.2, -0.15) is 0 Å². The second-order valence-electron chi connectivity index (χ2n) is 10.2. The molecule has 0 saturated carbocycles. The lowest BCUT2D eigenvalue weighted by Crippen LogP contribution is -2.57. The van der Waals surface area contributed by atoms with Crippen molar-refractivity contribution >= 4 is 29.1 Å². The number of nitrogens with one attached hydrogen (secondary N) is 1. The van der Waals surface area contributed by atoms with E-state index in [2.05, 4.69) is 17.1 Å².